The van der Waals surface area contributed by atoms with Gasteiger partial charge in [-0.05, 0) is 12.8 Å². The Morgan fingerprint density at radius 1 is 1.35 bits per heavy atom. The summed E-state index contributed by atoms with van der Waals surface area (Å²) in [6, 6.07) is 0.871. The molecule has 8 nitrogen and oxygen atoms in total. The Kier molecular flexibility index (Phi) is 5.83. The van der Waals surface area contributed by atoms with Crippen molar-refractivity contribution in [3.05, 3.63) is 11.8 Å². The summed E-state index contributed by atoms with van der Waals surface area (Å²) < 4.78 is 53.9. The Bertz CT molecular complexity index is 707. The van der Waals surface area contributed by atoms with E-state index in [0.717, 1.165) is 10.7 Å². The number of amides is 3. The van der Waals surface area contributed by atoms with E-state index < -0.39 is 42.3 Å². The molecular formula is C14H17F4N5O3. The van der Waals surface area contributed by atoms with Crippen LogP contribution in [0.1, 0.15) is 25.0 Å². The van der Waals surface area contributed by atoms with Crippen LogP contribution in [-0.2, 0) is 21.4 Å². The van der Waals surface area contributed by atoms with Gasteiger partial charge in [0.1, 0.15) is 5.69 Å². The number of carbonyl (C=O) groups excluding carboxylic acids is 3. The lowest BCUT2D eigenvalue weighted by atomic mass is 10.2. The third-order valence-electron chi connectivity index (χ3n) is 3.72. The molecule has 0 aromatic carbocycles. The largest absolute Gasteiger partial charge is 0.351 e. The van der Waals surface area contributed by atoms with Gasteiger partial charge in [0.05, 0.1) is 6.54 Å². The van der Waals surface area contributed by atoms with E-state index in [9.17, 15) is 31.9 Å². The number of hydrogen-bond acceptors (Lipinski definition) is 4. The summed E-state index contributed by atoms with van der Waals surface area (Å²) in [7, 11) is 1.22. The van der Waals surface area contributed by atoms with E-state index in [2.05, 4.69) is 10.4 Å². The van der Waals surface area contributed by atoms with Crippen LogP contribution in [0, 0.1) is 0 Å². The molecule has 1 aliphatic rings. The summed E-state index contributed by atoms with van der Waals surface area (Å²) in [5.74, 6) is -8.30. The zero-order chi connectivity index (χ0) is 19.5. The molecule has 12 heteroatoms. The van der Waals surface area contributed by atoms with E-state index in [1.165, 1.54) is 7.05 Å². The molecule has 2 rings (SSSR count). The number of nitrogens with zero attached hydrogens (tertiary/aromatic N) is 3. The number of carbonyl (C=O) groups is 3. The normalized spacial score (nSPS) is 17.9. The van der Waals surface area contributed by atoms with Gasteiger partial charge in [0.15, 0.2) is 5.82 Å². The molecule has 1 aliphatic heterocycles. The van der Waals surface area contributed by atoms with Gasteiger partial charge in [-0.1, -0.05) is 0 Å². The summed E-state index contributed by atoms with van der Waals surface area (Å²) in [5, 5.41) is 7.67. The van der Waals surface area contributed by atoms with Crippen LogP contribution in [0.4, 0.5) is 23.4 Å². The molecule has 2 heterocycles. The van der Waals surface area contributed by atoms with Crippen LogP contribution in [-0.4, -0.2) is 58.0 Å². The van der Waals surface area contributed by atoms with Crippen molar-refractivity contribution < 1.29 is 31.9 Å². The van der Waals surface area contributed by atoms with Crippen LogP contribution < -0.4 is 10.6 Å². The lowest BCUT2D eigenvalue weighted by molar-refractivity contribution is -0.154. The number of alkyl halides is 4. The van der Waals surface area contributed by atoms with Crippen LogP contribution in [0.25, 0.3) is 0 Å². The Balaban J connectivity index is 2.11. The standard InChI is InChI=1S/C14H17F4N5O3/c1-22-8(10(15)16)6-9(21-22)20-11(24)12(25)23-5-3-2-4-19-13(26)14(17,18)7-23/h6,10H,2-5,7H2,1H3,(H,19,26)(H,20,21,24). The first-order chi connectivity index (χ1) is 12.1. The summed E-state index contributed by atoms with van der Waals surface area (Å²) in [6.07, 6.45) is -2.19. The monoisotopic (exact) mass is 379 g/mol. The summed E-state index contributed by atoms with van der Waals surface area (Å²) in [5.41, 5.74) is -0.487. The van der Waals surface area contributed by atoms with E-state index in [0.29, 0.717) is 17.7 Å². The smallest absolute Gasteiger partial charge is 0.341 e. The molecule has 3 amide bonds. The highest BCUT2D eigenvalue weighted by Gasteiger charge is 2.43. The van der Waals surface area contributed by atoms with Crippen molar-refractivity contribution in [2.24, 2.45) is 7.05 Å². The number of rotatable bonds is 2. The highest BCUT2D eigenvalue weighted by Crippen LogP contribution is 2.21. The summed E-state index contributed by atoms with van der Waals surface area (Å²) >= 11 is 0. The van der Waals surface area contributed by atoms with Crippen molar-refractivity contribution in [3.8, 4) is 0 Å². The van der Waals surface area contributed by atoms with Gasteiger partial charge in [0, 0.05) is 26.2 Å². The maximum atomic E-state index is 13.8. The molecule has 0 aliphatic carbocycles. The maximum absolute atomic E-state index is 13.8. The average molecular weight is 379 g/mol. The predicted molar refractivity (Wildman–Crippen MR) is 80.6 cm³/mol. The van der Waals surface area contributed by atoms with Gasteiger partial charge in [0.2, 0.25) is 0 Å². The lowest BCUT2D eigenvalue weighted by Crippen LogP contribution is -2.51. The molecule has 0 spiro atoms. The van der Waals surface area contributed by atoms with Crippen LogP contribution >= 0.6 is 0 Å². The van der Waals surface area contributed by atoms with E-state index in [-0.39, 0.29) is 18.9 Å². The van der Waals surface area contributed by atoms with Gasteiger partial charge in [-0.25, -0.2) is 8.78 Å². The Morgan fingerprint density at radius 3 is 2.65 bits per heavy atom. The first-order valence-electron chi connectivity index (χ1n) is 7.70. The SMILES string of the molecule is Cn1nc(NC(=O)C(=O)N2CCCCNC(=O)C(F)(F)C2)cc1C(F)F. The number of aryl methyl sites for hydroxylation is 1. The number of halogens is 4. The fraction of sp³-hybridized carbons (Fsp3) is 0.571. The van der Waals surface area contributed by atoms with Crippen molar-refractivity contribution in [2.45, 2.75) is 25.2 Å². The lowest BCUT2D eigenvalue weighted by Gasteiger charge is -2.24. The minimum Gasteiger partial charge on any atom is -0.351 e. The quantitative estimate of drug-likeness (QED) is 0.583. The molecule has 1 aromatic rings. The molecule has 0 saturated carbocycles. The fourth-order valence-corrected chi connectivity index (χ4v) is 2.38. The van der Waals surface area contributed by atoms with E-state index in [4.69, 9.17) is 0 Å². The fourth-order valence-electron chi connectivity index (χ4n) is 2.38. The van der Waals surface area contributed by atoms with E-state index in [1.54, 1.807) is 0 Å². The maximum Gasteiger partial charge on any atom is 0.341 e. The van der Waals surface area contributed by atoms with Crippen molar-refractivity contribution in [3.63, 3.8) is 0 Å². The molecule has 1 saturated heterocycles. The Hall–Kier alpha value is -2.66. The molecule has 0 atom stereocenters. The van der Waals surface area contributed by atoms with Crippen LogP contribution in [0.5, 0.6) is 0 Å². The first-order valence-corrected chi connectivity index (χ1v) is 7.70. The second-order valence-electron chi connectivity index (χ2n) is 5.73. The molecule has 1 fully saturated rings. The minimum absolute atomic E-state index is 0.0347. The predicted octanol–water partition coefficient (Wildman–Crippen LogP) is 0.670. The molecule has 144 valence electrons. The van der Waals surface area contributed by atoms with Gasteiger partial charge < -0.3 is 15.5 Å². The van der Waals surface area contributed by atoms with Gasteiger partial charge >= 0.3 is 17.7 Å². The Labute approximate surface area is 145 Å². The number of hydrogen-bond donors (Lipinski definition) is 2. The minimum atomic E-state index is -3.85. The molecule has 0 bridgehead atoms. The van der Waals surface area contributed by atoms with Crippen molar-refractivity contribution in [1.29, 1.82) is 0 Å². The van der Waals surface area contributed by atoms with E-state index in [1.807, 2.05) is 5.32 Å². The van der Waals surface area contributed by atoms with Gasteiger partial charge in [-0.15, -0.1) is 0 Å². The van der Waals surface area contributed by atoms with Gasteiger partial charge in [-0.2, -0.15) is 13.9 Å². The van der Waals surface area contributed by atoms with Crippen LogP contribution in [0.15, 0.2) is 6.07 Å². The number of nitrogens with one attached hydrogen (secondary N) is 2. The molecule has 0 unspecified atom stereocenters. The topological polar surface area (TPSA) is 96.3 Å². The molecule has 1 aromatic heterocycles. The second-order valence-corrected chi connectivity index (χ2v) is 5.73. The van der Waals surface area contributed by atoms with Crippen molar-refractivity contribution in [1.82, 2.24) is 20.0 Å². The summed E-state index contributed by atoms with van der Waals surface area (Å²) in [4.78, 5) is 36.1. The average Bonchev–Trinajstić information content (AvgIpc) is 2.94. The first kappa shape index (κ1) is 19.7. The highest BCUT2D eigenvalue weighted by molar-refractivity contribution is 6.39. The zero-order valence-corrected chi connectivity index (χ0v) is 13.8. The van der Waals surface area contributed by atoms with Crippen LogP contribution in [0.2, 0.25) is 0 Å². The molecule has 0 radical (unpaired) electrons. The molecule has 26 heavy (non-hydrogen) atoms. The van der Waals surface area contributed by atoms with Crippen LogP contribution in [0.3, 0.4) is 0 Å². The zero-order valence-electron chi connectivity index (χ0n) is 13.8. The van der Waals surface area contributed by atoms with Crippen molar-refractivity contribution in [2.75, 3.05) is 25.0 Å². The number of aromatic nitrogens is 2. The van der Waals surface area contributed by atoms with E-state index >= 15 is 0 Å². The van der Waals surface area contributed by atoms with Gasteiger partial charge in [0.25, 0.3) is 12.3 Å². The third-order valence-corrected chi connectivity index (χ3v) is 3.72. The Morgan fingerprint density at radius 2 is 2.04 bits per heavy atom. The van der Waals surface area contributed by atoms with Gasteiger partial charge in [-0.3, -0.25) is 19.1 Å². The second kappa shape index (κ2) is 7.70. The number of anilines is 1. The third kappa shape index (κ3) is 4.49. The summed E-state index contributed by atoms with van der Waals surface area (Å²) in [6.45, 7) is -1.37. The molecular weight excluding hydrogens is 362 g/mol. The molecule has 2 N–H and O–H groups in total. The highest BCUT2D eigenvalue weighted by atomic mass is 19.3. The van der Waals surface area contributed by atoms with Crippen molar-refractivity contribution >= 4 is 23.5 Å².